The van der Waals surface area contributed by atoms with Gasteiger partial charge in [-0.25, -0.2) is 0 Å². The van der Waals surface area contributed by atoms with Gasteiger partial charge in [0.05, 0.1) is 19.1 Å². The van der Waals surface area contributed by atoms with Gasteiger partial charge in [-0.1, -0.05) is 20.3 Å². The summed E-state index contributed by atoms with van der Waals surface area (Å²) in [6, 6.07) is 0. The molecule has 0 aliphatic heterocycles. The average molecular weight is 203 g/mol. The van der Waals surface area contributed by atoms with E-state index in [1.807, 2.05) is 6.92 Å². The summed E-state index contributed by atoms with van der Waals surface area (Å²) >= 11 is 0. The number of rotatable bonds is 8. The molecule has 1 atom stereocenters. The van der Waals surface area contributed by atoms with Crippen molar-refractivity contribution in [3.05, 3.63) is 0 Å². The Kier molecular flexibility index (Phi) is 8.57. The Morgan fingerprint density at radius 3 is 2.86 bits per heavy atom. The van der Waals surface area contributed by atoms with E-state index in [0.717, 1.165) is 12.8 Å². The van der Waals surface area contributed by atoms with Crippen LogP contribution in [0, 0.1) is 5.92 Å². The number of aliphatic hydroxyl groups is 1. The molecular weight excluding hydrogens is 182 g/mol. The molecule has 84 valence electrons. The molecule has 0 rings (SSSR count). The molecule has 0 fully saturated rings. The Morgan fingerprint density at radius 1 is 1.57 bits per heavy atom. The zero-order valence-electron chi connectivity index (χ0n) is 9.08. The Morgan fingerprint density at radius 2 is 2.29 bits per heavy atom. The number of aliphatic hydroxyl groups excluding tert-OH is 1. The second kappa shape index (κ2) is 8.97. The van der Waals surface area contributed by atoms with Crippen LogP contribution in [0.1, 0.15) is 26.7 Å². The number of hydrogen-bond acceptors (Lipinski definition) is 4. The fourth-order valence-electron chi connectivity index (χ4n) is 0.940. The lowest BCUT2D eigenvalue weighted by Crippen LogP contribution is -2.29. The second-order valence-electron chi connectivity index (χ2n) is 3.35. The molecule has 1 unspecified atom stereocenters. The first-order valence-corrected chi connectivity index (χ1v) is 5.20. The molecule has 0 saturated carbocycles. The first-order valence-electron chi connectivity index (χ1n) is 5.20. The molecule has 4 nitrogen and oxygen atoms in total. The Hall–Kier alpha value is -0.610. The highest BCUT2D eigenvalue weighted by Gasteiger charge is 2.12. The van der Waals surface area contributed by atoms with Gasteiger partial charge in [-0.15, -0.1) is 0 Å². The number of esters is 1. The minimum Gasteiger partial charge on any atom is -0.465 e. The predicted octanol–water partition coefficient (Wildman–Crippen LogP) is 0.548. The number of carbonyl (C=O) groups excluding carboxylic acids is 1. The second-order valence-corrected chi connectivity index (χ2v) is 3.35. The SMILES string of the molecule is CCCCOC(=O)C(C)CNCCO. The molecule has 0 aromatic rings. The highest BCUT2D eigenvalue weighted by molar-refractivity contribution is 5.72. The van der Waals surface area contributed by atoms with Crippen molar-refractivity contribution in [2.24, 2.45) is 5.92 Å². The molecule has 0 spiro atoms. The van der Waals surface area contributed by atoms with Gasteiger partial charge in [0.15, 0.2) is 0 Å². The summed E-state index contributed by atoms with van der Waals surface area (Å²) in [6.45, 7) is 5.56. The van der Waals surface area contributed by atoms with Crippen LogP contribution in [0.4, 0.5) is 0 Å². The van der Waals surface area contributed by atoms with E-state index >= 15 is 0 Å². The summed E-state index contributed by atoms with van der Waals surface area (Å²) in [4.78, 5) is 11.3. The lowest BCUT2D eigenvalue weighted by molar-refractivity contribution is -0.147. The van der Waals surface area contributed by atoms with Crippen molar-refractivity contribution in [2.45, 2.75) is 26.7 Å². The standard InChI is InChI=1S/C10H21NO3/c1-3-4-7-14-10(13)9(2)8-11-5-6-12/h9,11-12H,3-8H2,1-2H3. The fraction of sp³-hybridized carbons (Fsp3) is 0.900. The lowest BCUT2D eigenvalue weighted by Gasteiger charge is -2.11. The van der Waals surface area contributed by atoms with Crippen molar-refractivity contribution in [1.29, 1.82) is 0 Å². The van der Waals surface area contributed by atoms with Gasteiger partial charge in [-0.2, -0.15) is 0 Å². The van der Waals surface area contributed by atoms with Gasteiger partial charge in [-0.3, -0.25) is 4.79 Å². The Balaban J connectivity index is 3.44. The zero-order valence-corrected chi connectivity index (χ0v) is 9.08. The summed E-state index contributed by atoms with van der Waals surface area (Å²) in [5.74, 6) is -0.303. The number of ether oxygens (including phenoxy) is 1. The maximum atomic E-state index is 11.3. The van der Waals surface area contributed by atoms with Gasteiger partial charge in [0.1, 0.15) is 0 Å². The van der Waals surface area contributed by atoms with Crippen LogP contribution in [0.3, 0.4) is 0 Å². The quantitative estimate of drug-likeness (QED) is 0.447. The maximum Gasteiger partial charge on any atom is 0.309 e. The van der Waals surface area contributed by atoms with E-state index < -0.39 is 0 Å². The Bertz CT molecular complexity index is 150. The molecule has 0 saturated heterocycles. The van der Waals surface area contributed by atoms with E-state index in [2.05, 4.69) is 12.2 Å². The van der Waals surface area contributed by atoms with Gasteiger partial charge in [0, 0.05) is 13.1 Å². The molecule has 0 bridgehead atoms. The van der Waals surface area contributed by atoms with Gasteiger partial charge in [0.25, 0.3) is 0 Å². The third-order valence-corrected chi connectivity index (χ3v) is 1.88. The van der Waals surface area contributed by atoms with Crippen LogP contribution >= 0.6 is 0 Å². The molecule has 0 aromatic heterocycles. The van der Waals surface area contributed by atoms with Crippen LogP contribution in [-0.4, -0.2) is 37.4 Å². The van der Waals surface area contributed by atoms with Crippen molar-refractivity contribution in [3.63, 3.8) is 0 Å². The fourth-order valence-corrected chi connectivity index (χ4v) is 0.940. The van der Waals surface area contributed by atoms with Crippen LogP contribution < -0.4 is 5.32 Å². The summed E-state index contributed by atoms with van der Waals surface area (Å²) < 4.78 is 5.03. The number of hydrogen-bond donors (Lipinski definition) is 2. The van der Waals surface area contributed by atoms with Crippen molar-refractivity contribution in [2.75, 3.05) is 26.3 Å². The topological polar surface area (TPSA) is 58.6 Å². The third kappa shape index (κ3) is 6.86. The summed E-state index contributed by atoms with van der Waals surface area (Å²) in [7, 11) is 0. The third-order valence-electron chi connectivity index (χ3n) is 1.88. The summed E-state index contributed by atoms with van der Waals surface area (Å²) in [6.07, 6.45) is 1.95. The molecule has 0 radical (unpaired) electrons. The van der Waals surface area contributed by atoms with Crippen molar-refractivity contribution >= 4 is 5.97 Å². The number of unbranched alkanes of at least 4 members (excludes halogenated alkanes) is 1. The molecule has 14 heavy (non-hydrogen) atoms. The normalized spacial score (nSPS) is 12.5. The van der Waals surface area contributed by atoms with Crippen molar-refractivity contribution in [1.82, 2.24) is 5.32 Å². The van der Waals surface area contributed by atoms with Crippen LogP contribution in [0.2, 0.25) is 0 Å². The van der Waals surface area contributed by atoms with Crippen molar-refractivity contribution in [3.8, 4) is 0 Å². The van der Waals surface area contributed by atoms with Crippen LogP contribution in [0.15, 0.2) is 0 Å². The van der Waals surface area contributed by atoms with E-state index in [1.165, 1.54) is 0 Å². The molecule has 0 heterocycles. The molecular formula is C10H21NO3. The molecule has 0 amide bonds. The summed E-state index contributed by atoms with van der Waals surface area (Å²) in [5, 5.41) is 11.5. The minimum atomic E-state index is -0.163. The van der Waals surface area contributed by atoms with Crippen LogP contribution in [-0.2, 0) is 9.53 Å². The lowest BCUT2D eigenvalue weighted by atomic mass is 10.2. The minimum absolute atomic E-state index is 0.0948. The van der Waals surface area contributed by atoms with E-state index in [0.29, 0.717) is 19.7 Å². The van der Waals surface area contributed by atoms with Crippen LogP contribution in [0.25, 0.3) is 0 Å². The smallest absolute Gasteiger partial charge is 0.309 e. The average Bonchev–Trinajstić information content (AvgIpc) is 2.18. The number of carbonyl (C=O) groups is 1. The van der Waals surface area contributed by atoms with E-state index in [1.54, 1.807) is 0 Å². The predicted molar refractivity (Wildman–Crippen MR) is 55.0 cm³/mol. The van der Waals surface area contributed by atoms with Gasteiger partial charge in [0.2, 0.25) is 0 Å². The summed E-state index contributed by atoms with van der Waals surface area (Å²) in [5.41, 5.74) is 0. The van der Waals surface area contributed by atoms with Gasteiger partial charge >= 0.3 is 5.97 Å². The molecule has 0 aliphatic rings. The maximum absolute atomic E-state index is 11.3. The van der Waals surface area contributed by atoms with E-state index in [-0.39, 0.29) is 18.5 Å². The first-order chi connectivity index (χ1) is 6.72. The first kappa shape index (κ1) is 13.4. The van der Waals surface area contributed by atoms with E-state index in [9.17, 15) is 4.79 Å². The Labute approximate surface area is 85.6 Å². The molecule has 0 aliphatic carbocycles. The largest absolute Gasteiger partial charge is 0.465 e. The molecule has 2 N–H and O–H groups in total. The highest BCUT2D eigenvalue weighted by Crippen LogP contribution is 1.98. The molecule has 0 aromatic carbocycles. The van der Waals surface area contributed by atoms with Crippen LogP contribution in [0.5, 0.6) is 0 Å². The molecule has 4 heteroatoms. The zero-order chi connectivity index (χ0) is 10.8. The monoisotopic (exact) mass is 203 g/mol. The van der Waals surface area contributed by atoms with Gasteiger partial charge < -0.3 is 15.2 Å². The van der Waals surface area contributed by atoms with Crippen molar-refractivity contribution < 1.29 is 14.6 Å². The highest BCUT2D eigenvalue weighted by atomic mass is 16.5. The van der Waals surface area contributed by atoms with E-state index in [4.69, 9.17) is 9.84 Å². The van der Waals surface area contributed by atoms with Gasteiger partial charge in [-0.05, 0) is 6.42 Å². The number of nitrogens with one attached hydrogen (secondary N) is 1.